The first kappa shape index (κ1) is 18.7. The number of aryl methyl sites for hydroxylation is 1. The maximum atomic E-state index is 12.6. The van der Waals surface area contributed by atoms with Gasteiger partial charge in [-0.1, -0.05) is 54.5 Å². The van der Waals surface area contributed by atoms with Crippen molar-refractivity contribution in [2.75, 3.05) is 24.2 Å². The van der Waals surface area contributed by atoms with Gasteiger partial charge in [-0.2, -0.15) is 0 Å². The fourth-order valence-electron chi connectivity index (χ4n) is 4.21. The molecule has 27 heavy (non-hydrogen) atoms. The summed E-state index contributed by atoms with van der Waals surface area (Å²) in [7, 11) is 0. The van der Waals surface area contributed by atoms with Crippen molar-refractivity contribution in [2.24, 2.45) is 11.8 Å². The van der Waals surface area contributed by atoms with E-state index in [1.807, 2.05) is 12.1 Å². The second-order valence-electron chi connectivity index (χ2n) is 7.59. The molecule has 5 nitrogen and oxygen atoms in total. The first-order valence-electron chi connectivity index (χ1n) is 9.75. The number of hydrogen-bond acceptors (Lipinski definition) is 6. The van der Waals surface area contributed by atoms with Gasteiger partial charge in [0.15, 0.2) is 4.34 Å². The highest BCUT2D eigenvalue weighted by Crippen LogP contribution is 2.36. The topological polar surface area (TPSA) is 58.1 Å². The van der Waals surface area contributed by atoms with E-state index in [1.165, 1.54) is 60.8 Å². The second kappa shape index (κ2) is 8.61. The van der Waals surface area contributed by atoms with Crippen LogP contribution in [0.5, 0.6) is 0 Å². The maximum Gasteiger partial charge on any atom is 0.233 e. The van der Waals surface area contributed by atoms with E-state index in [1.54, 1.807) is 0 Å². The maximum absolute atomic E-state index is 12.6. The van der Waals surface area contributed by atoms with Gasteiger partial charge in [-0.25, -0.2) is 0 Å². The summed E-state index contributed by atoms with van der Waals surface area (Å²) in [6.07, 6.45) is 6.56. The van der Waals surface area contributed by atoms with Crippen LogP contribution in [0.3, 0.4) is 0 Å². The number of piperidine rings is 1. The number of hydrogen-bond donors (Lipinski definition) is 1. The largest absolute Gasteiger partial charge is 0.342 e. The van der Waals surface area contributed by atoms with Crippen molar-refractivity contribution in [3.05, 3.63) is 29.8 Å². The molecule has 4 rings (SSSR count). The lowest BCUT2D eigenvalue weighted by Gasteiger charge is -2.41. The number of rotatable bonds is 5. The molecule has 2 aliphatic rings. The highest BCUT2D eigenvalue weighted by atomic mass is 32.2. The molecule has 1 aliphatic carbocycles. The van der Waals surface area contributed by atoms with Crippen molar-refractivity contribution in [1.82, 2.24) is 15.1 Å². The first-order chi connectivity index (χ1) is 13.2. The Hall–Kier alpha value is -1.60. The number of benzene rings is 1. The van der Waals surface area contributed by atoms with Crippen LogP contribution in [-0.4, -0.2) is 39.8 Å². The Morgan fingerprint density at radius 2 is 2.11 bits per heavy atom. The van der Waals surface area contributed by atoms with Crippen LogP contribution in [0.15, 0.2) is 28.6 Å². The van der Waals surface area contributed by atoms with Gasteiger partial charge in [0.05, 0.1) is 5.75 Å². The Labute approximate surface area is 168 Å². The molecule has 7 heteroatoms. The number of likely N-dealkylation sites (tertiary alicyclic amines) is 1. The number of nitrogens with one attached hydrogen (secondary N) is 1. The van der Waals surface area contributed by atoms with Crippen molar-refractivity contribution in [1.29, 1.82) is 0 Å². The van der Waals surface area contributed by atoms with Crippen molar-refractivity contribution in [3.8, 4) is 0 Å². The third kappa shape index (κ3) is 4.82. The van der Waals surface area contributed by atoms with E-state index in [0.717, 1.165) is 40.1 Å². The van der Waals surface area contributed by atoms with Crippen molar-refractivity contribution < 1.29 is 4.79 Å². The smallest absolute Gasteiger partial charge is 0.233 e. The van der Waals surface area contributed by atoms with E-state index in [0.29, 0.717) is 5.75 Å². The average Bonchev–Trinajstić information content (AvgIpc) is 3.13. The van der Waals surface area contributed by atoms with Crippen LogP contribution in [0, 0.1) is 18.8 Å². The number of carbonyl (C=O) groups is 1. The molecule has 1 N–H and O–H groups in total. The molecule has 1 aromatic heterocycles. The summed E-state index contributed by atoms with van der Waals surface area (Å²) in [5, 5.41) is 12.5. The van der Waals surface area contributed by atoms with Crippen molar-refractivity contribution >= 4 is 39.8 Å². The molecule has 2 fully saturated rings. The molecule has 0 spiro atoms. The van der Waals surface area contributed by atoms with Crippen LogP contribution in [0.4, 0.5) is 10.8 Å². The molecule has 2 atom stereocenters. The summed E-state index contributed by atoms with van der Waals surface area (Å²) in [5.41, 5.74) is 2.21. The minimum absolute atomic E-state index is 0.243. The van der Waals surface area contributed by atoms with Crippen LogP contribution in [0.1, 0.15) is 37.7 Å². The molecule has 0 bridgehead atoms. The molecule has 1 aromatic carbocycles. The van der Waals surface area contributed by atoms with Crippen molar-refractivity contribution in [2.45, 2.75) is 43.4 Å². The van der Waals surface area contributed by atoms with Gasteiger partial charge in [0.2, 0.25) is 11.0 Å². The third-order valence-corrected chi connectivity index (χ3v) is 7.60. The minimum atomic E-state index is 0.243. The Balaban J connectivity index is 1.27. The summed E-state index contributed by atoms with van der Waals surface area (Å²) in [6.45, 7) is 3.95. The Bertz CT molecular complexity index is 794. The molecular formula is C20H26N4OS2. The molecule has 1 aliphatic heterocycles. The predicted molar refractivity (Wildman–Crippen MR) is 112 cm³/mol. The molecule has 1 saturated heterocycles. The summed E-state index contributed by atoms with van der Waals surface area (Å²) >= 11 is 3.00. The fraction of sp³-hybridized carbons (Fsp3) is 0.550. The van der Waals surface area contributed by atoms with Gasteiger partial charge >= 0.3 is 0 Å². The van der Waals surface area contributed by atoms with Gasteiger partial charge in [-0.05, 0) is 49.3 Å². The van der Waals surface area contributed by atoms with Crippen LogP contribution >= 0.6 is 23.1 Å². The zero-order valence-corrected chi connectivity index (χ0v) is 17.3. The van der Waals surface area contributed by atoms with Gasteiger partial charge in [-0.15, -0.1) is 10.2 Å². The quantitative estimate of drug-likeness (QED) is 0.733. The SMILES string of the molecule is Cc1cccc(Nc2nnc(SCC(=O)N3CC[C@@H]4CCCC[C@H]4C3)s2)c1. The molecule has 144 valence electrons. The van der Waals surface area contributed by atoms with Crippen LogP contribution in [0.2, 0.25) is 0 Å². The number of thioether (sulfide) groups is 1. The molecule has 0 radical (unpaired) electrons. The number of amides is 1. The normalized spacial score (nSPS) is 22.3. The molecule has 1 amide bonds. The van der Waals surface area contributed by atoms with Crippen LogP contribution in [0.25, 0.3) is 0 Å². The lowest BCUT2D eigenvalue weighted by atomic mass is 9.75. The number of anilines is 2. The van der Waals surface area contributed by atoms with Gasteiger partial charge < -0.3 is 10.2 Å². The third-order valence-electron chi connectivity index (χ3n) is 5.64. The molecule has 2 heterocycles. The second-order valence-corrected chi connectivity index (χ2v) is 9.79. The zero-order chi connectivity index (χ0) is 18.6. The standard InChI is InChI=1S/C20H26N4OS2/c1-14-5-4-8-17(11-14)21-19-22-23-20(27-19)26-13-18(25)24-10-9-15-6-2-3-7-16(15)12-24/h4-5,8,11,15-16H,2-3,6-7,9-10,12-13H2,1H3,(H,21,22)/t15-,16-/m0/s1. The molecular weight excluding hydrogens is 376 g/mol. The first-order valence-corrected chi connectivity index (χ1v) is 11.6. The highest BCUT2D eigenvalue weighted by molar-refractivity contribution is 8.01. The number of fused-ring (bicyclic) bond motifs is 1. The minimum Gasteiger partial charge on any atom is -0.342 e. The number of aromatic nitrogens is 2. The highest BCUT2D eigenvalue weighted by Gasteiger charge is 2.32. The molecule has 1 saturated carbocycles. The zero-order valence-electron chi connectivity index (χ0n) is 15.7. The van der Waals surface area contributed by atoms with E-state index >= 15 is 0 Å². The Kier molecular flexibility index (Phi) is 5.98. The lowest BCUT2D eigenvalue weighted by molar-refractivity contribution is -0.131. The summed E-state index contributed by atoms with van der Waals surface area (Å²) in [5.74, 6) is 2.28. The van der Waals surface area contributed by atoms with Gasteiger partial charge in [0.1, 0.15) is 0 Å². The summed E-state index contributed by atoms with van der Waals surface area (Å²) in [6, 6.07) is 8.17. The lowest BCUT2D eigenvalue weighted by Crippen LogP contribution is -2.45. The monoisotopic (exact) mass is 402 g/mol. The van der Waals surface area contributed by atoms with Gasteiger partial charge in [0, 0.05) is 18.8 Å². The van der Waals surface area contributed by atoms with Gasteiger partial charge in [0.25, 0.3) is 0 Å². The summed E-state index contributed by atoms with van der Waals surface area (Å²) < 4.78 is 0.839. The number of nitrogens with zero attached hydrogens (tertiary/aromatic N) is 3. The molecule has 0 unspecified atom stereocenters. The molecule has 2 aromatic rings. The van der Waals surface area contributed by atoms with E-state index in [4.69, 9.17) is 0 Å². The summed E-state index contributed by atoms with van der Waals surface area (Å²) in [4.78, 5) is 14.7. The Morgan fingerprint density at radius 1 is 1.26 bits per heavy atom. The fourth-order valence-corrected chi connectivity index (χ4v) is 5.88. The van der Waals surface area contributed by atoms with Crippen LogP contribution < -0.4 is 5.32 Å². The number of carbonyl (C=O) groups excluding carboxylic acids is 1. The predicted octanol–water partition coefficient (Wildman–Crippen LogP) is 4.72. The van der Waals surface area contributed by atoms with E-state index < -0.39 is 0 Å². The van der Waals surface area contributed by atoms with E-state index in [9.17, 15) is 4.79 Å². The Morgan fingerprint density at radius 3 is 2.96 bits per heavy atom. The van der Waals surface area contributed by atoms with E-state index in [2.05, 4.69) is 39.5 Å². The average molecular weight is 403 g/mol. The van der Waals surface area contributed by atoms with Gasteiger partial charge in [-0.3, -0.25) is 4.79 Å². The van der Waals surface area contributed by atoms with Crippen LogP contribution in [-0.2, 0) is 4.79 Å². The van der Waals surface area contributed by atoms with Crippen molar-refractivity contribution in [3.63, 3.8) is 0 Å². The van der Waals surface area contributed by atoms with E-state index in [-0.39, 0.29) is 5.91 Å².